The molecule has 0 radical (unpaired) electrons. The van der Waals surface area contributed by atoms with Crippen LogP contribution in [0.3, 0.4) is 0 Å². The summed E-state index contributed by atoms with van der Waals surface area (Å²) in [5.41, 5.74) is 3.31. The third kappa shape index (κ3) is 2.07. The Bertz CT molecular complexity index is 476. The van der Waals surface area contributed by atoms with Crippen LogP contribution in [0, 0.1) is 6.92 Å². The summed E-state index contributed by atoms with van der Waals surface area (Å²) in [4.78, 5) is 3.29. The second-order valence-corrected chi connectivity index (χ2v) is 4.32. The molecule has 0 bridgehead atoms. The van der Waals surface area contributed by atoms with Crippen molar-refractivity contribution in [3.63, 3.8) is 0 Å². The molecule has 2 rings (SSSR count). The van der Waals surface area contributed by atoms with E-state index in [1.807, 2.05) is 25.1 Å². The van der Waals surface area contributed by atoms with Crippen molar-refractivity contribution in [3.8, 4) is 17.0 Å². The van der Waals surface area contributed by atoms with Crippen molar-refractivity contribution in [1.82, 2.24) is 4.98 Å². The molecule has 0 saturated carbocycles. The lowest BCUT2D eigenvalue weighted by Gasteiger charge is -2.07. The normalized spacial score (nSPS) is 10.3. The minimum absolute atomic E-state index is 0.867. The predicted molar refractivity (Wildman–Crippen MR) is 65.2 cm³/mol. The van der Waals surface area contributed by atoms with Crippen molar-refractivity contribution in [1.29, 1.82) is 0 Å². The Hall–Kier alpha value is -1.22. The summed E-state index contributed by atoms with van der Waals surface area (Å²) in [6.07, 6.45) is 0. The van der Waals surface area contributed by atoms with Gasteiger partial charge in [-0.2, -0.15) is 0 Å². The van der Waals surface area contributed by atoms with Gasteiger partial charge in [-0.1, -0.05) is 15.9 Å². The largest absolute Gasteiger partial charge is 0.496 e. The van der Waals surface area contributed by atoms with Crippen LogP contribution in [-0.4, -0.2) is 12.1 Å². The van der Waals surface area contributed by atoms with E-state index in [0.717, 1.165) is 27.2 Å². The van der Waals surface area contributed by atoms with E-state index in [2.05, 4.69) is 33.0 Å². The Morgan fingerprint density at radius 1 is 1.20 bits per heavy atom. The van der Waals surface area contributed by atoms with Crippen LogP contribution in [0.4, 0.5) is 0 Å². The number of methoxy groups -OCH3 is 1. The molecule has 0 saturated heterocycles. The molecule has 3 heteroatoms. The molecule has 0 fully saturated rings. The summed E-state index contributed by atoms with van der Waals surface area (Å²) in [6.45, 7) is 2.04. The van der Waals surface area contributed by atoms with Crippen LogP contribution < -0.4 is 4.74 Å². The van der Waals surface area contributed by atoms with Crippen LogP contribution in [-0.2, 0) is 0 Å². The molecule has 0 atom stereocenters. The quantitative estimate of drug-likeness (QED) is 0.879. The Morgan fingerprint density at radius 3 is 2.60 bits per heavy atom. The molecule has 1 heterocycles. The molecule has 1 N–H and O–H groups in total. The van der Waals surface area contributed by atoms with E-state index in [0.29, 0.717) is 0 Å². The highest BCUT2D eigenvalue weighted by Crippen LogP contribution is 2.31. The van der Waals surface area contributed by atoms with E-state index in [4.69, 9.17) is 4.74 Å². The molecule has 0 aliphatic heterocycles. The fourth-order valence-corrected chi connectivity index (χ4v) is 1.89. The van der Waals surface area contributed by atoms with Crippen LogP contribution >= 0.6 is 15.9 Å². The molecule has 0 aliphatic rings. The Morgan fingerprint density at radius 2 is 2.00 bits per heavy atom. The third-order valence-electron chi connectivity index (χ3n) is 2.29. The molecule has 2 nitrogen and oxygen atoms in total. The molecule has 0 aliphatic carbocycles. The standard InChI is InChI=1S/C12H12BrNO/c1-8-3-6-11(14-8)10-5-4-9(13)7-12(10)15-2/h3-7,14H,1-2H3. The average molecular weight is 266 g/mol. The zero-order valence-corrected chi connectivity index (χ0v) is 10.3. The highest BCUT2D eigenvalue weighted by atomic mass is 79.9. The zero-order valence-electron chi connectivity index (χ0n) is 8.67. The van der Waals surface area contributed by atoms with E-state index in [1.54, 1.807) is 7.11 Å². The number of halogens is 1. The first-order valence-electron chi connectivity index (χ1n) is 4.70. The number of ether oxygens (including phenoxy) is 1. The number of aromatic nitrogens is 1. The fourth-order valence-electron chi connectivity index (χ4n) is 1.55. The third-order valence-corrected chi connectivity index (χ3v) is 2.78. The molecular weight excluding hydrogens is 254 g/mol. The molecule has 0 unspecified atom stereocenters. The first kappa shape index (κ1) is 10.3. The molecule has 0 amide bonds. The average Bonchev–Trinajstić information content (AvgIpc) is 2.64. The number of H-pyrrole nitrogens is 1. The van der Waals surface area contributed by atoms with E-state index >= 15 is 0 Å². The van der Waals surface area contributed by atoms with Gasteiger partial charge in [-0.05, 0) is 37.3 Å². The van der Waals surface area contributed by atoms with E-state index < -0.39 is 0 Å². The number of hydrogen-bond acceptors (Lipinski definition) is 1. The molecular formula is C12H12BrNO. The van der Waals surface area contributed by atoms with E-state index in [1.165, 1.54) is 0 Å². The van der Waals surface area contributed by atoms with E-state index in [9.17, 15) is 0 Å². The minimum Gasteiger partial charge on any atom is -0.496 e. The van der Waals surface area contributed by atoms with Gasteiger partial charge in [-0.25, -0.2) is 0 Å². The van der Waals surface area contributed by atoms with Gasteiger partial charge >= 0.3 is 0 Å². The lowest BCUT2D eigenvalue weighted by atomic mass is 10.1. The maximum atomic E-state index is 5.34. The van der Waals surface area contributed by atoms with Gasteiger partial charge in [0.25, 0.3) is 0 Å². The zero-order chi connectivity index (χ0) is 10.8. The molecule has 2 aromatic rings. The molecule has 1 aromatic carbocycles. The minimum atomic E-state index is 0.867. The summed E-state index contributed by atoms with van der Waals surface area (Å²) in [5.74, 6) is 0.867. The topological polar surface area (TPSA) is 25.0 Å². The van der Waals surface area contributed by atoms with Gasteiger partial charge in [-0.15, -0.1) is 0 Å². The van der Waals surface area contributed by atoms with Crippen LogP contribution in [0.2, 0.25) is 0 Å². The summed E-state index contributed by atoms with van der Waals surface area (Å²) < 4.78 is 6.36. The van der Waals surface area contributed by atoms with Crippen molar-refractivity contribution in [2.75, 3.05) is 7.11 Å². The summed E-state index contributed by atoms with van der Waals surface area (Å²) >= 11 is 3.42. The molecule has 1 aromatic heterocycles. The van der Waals surface area contributed by atoms with Gasteiger partial charge in [-0.3, -0.25) is 0 Å². The Kier molecular flexibility index (Phi) is 2.82. The highest BCUT2D eigenvalue weighted by Gasteiger charge is 2.07. The Balaban J connectivity index is 2.52. The fraction of sp³-hybridized carbons (Fsp3) is 0.167. The van der Waals surface area contributed by atoms with Gasteiger partial charge in [0.15, 0.2) is 0 Å². The number of aryl methyl sites for hydroxylation is 1. The number of benzene rings is 1. The van der Waals surface area contributed by atoms with Crippen molar-refractivity contribution in [3.05, 3.63) is 40.5 Å². The van der Waals surface area contributed by atoms with E-state index in [-0.39, 0.29) is 0 Å². The second-order valence-electron chi connectivity index (χ2n) is 3.40. The highest BCUT2D eigenvalue weighted by molar-refractivity contribution is 9.10. The SMILES string of the molecule is COc1cc(Br)ccc1-c1ccc(C)[nH]1. The van der Waals surface area contributed by atoms with Gasteiger partial charge in [0, 0.05) is 21.4 Å². The van der Waals surface area contributed by atoms with Crippen LogP contribution in [0.1, 0.15) is 5.69 Å². The van der Waals surface area contributed by atoms with Crippen molar-refractivity contribution in [2.45, 2.75) is 6.92 Å². The number of rotatable bonds is 2. The van der Waals surface area contributed by atoms with Crippen LogP contribution in [0.5, 0.6) is 5.75 Å². The van der Waals surface area contributed by atoms with Gasteiger partial charge < -0.3 is 9.72 Å². The van der Waals surface area contributed by atoms with Crippen molar-refractivity contribution < 1.29 is 4.74 Å². The lowest BCUT2D eigenvalue weighted by Crippen LogP contribution is -1.88. The maximum absolute atomic E-state index is 5.34. The summed E-state index contributed by atoms with van der Waals surface area (Å²) in [7, 11) is 1.68. The summed E-state index contributed by atoms with van der Waals surface area (Å²) in [6, 6.07) is 10.1. The number of nitrogens with one attached hydrogen (secondary N) is 1. The lowest BCUT2D eigenvalue weighted by molar-refractivity contribution is 0.416. The molecule has 15 heavy (non-hydrogen) atoms. The first-order valence-corrected chi connectivity index (χ1v) is 5.49. The number of aromatic amines is 1. The Labute approximate surface area is 97.4 Å². The smallest absolute Gasteiger partial charge is 0.129 e. The maximum Gasteiger partial charge on any atom is 0.129 e. The van der Waals surface area contributed by atoms with Gasteiger partial charge in [0.2, 0.25) is 0 Å². The van der Waals surface area contributed by atoms with Crippen LogP contribution in [0.25, 0.3) is 11.3 Å². The second kappa shape index (κ2) is 4.11. The summed E-state index contributed by atoms with van der Waals surface area (Å²) in [5, 5.41) is 0. The van der Waals surface area contributed by atoms with Gasteiger partial charge in [0.05, 0.1) is 7.11 Å². The predicted octanol–water partition coefficient (Wildman–Crippen LogP) is 3.76. The number of hydrogen-bond donors (Lipinski definition) is 1. The molecule has 78 valence electrons. The van der Waals surface area contributed by atoms with Crippen molar-refractivity contribution in [2.24, 2.45) is 0 Å². The van der Waals surface area contributed by atoms with Crippen LogP contribution in [0.15, 0.2) is 34.8 Å². The first-order chi connectivity index (χ1) is 7.20. The molecule has 0 spiro atoms. The van der Waals surface area contributed by atoms with Crippen molar-refractivity contribution >= 4 is 15.9 Å². The van der Waals surface area contributed by atoms with Gasteiger partial charge in [0.1, 0.15) is 5.75 Å². The monoisotopic (exact) mass is 265 g/mol.